The molecule has 0 saturated carbocycles. The molecule has 1 aliphatic heterocycles. The number of amides is 1. The lowest BCUT2D eigenvalue weighted by Gasteiger charge is -2.33. The van der Waals surface area contributed by atoms with Gasteiger partial charge in [-0.15, -0.1) is 0 Å². The second-order valence-electron chi connectivity index (χ2n) is 5.88. The molecule has 1 aromatic rings. The van der Waals surface area contributed by atoms with Crippen molar-refractivity contribution < 1.29 is 4.79 Å². The Bertz CT molecular complexity index is 469. The van der Waals surface area contributed by atoms with Gasteiger partial charge in [0.05, 0.1) is 0 Å². The molecule has 1 unspecified atom stereocenters. The van der Waals surface area contributed by atoms with Gasteiger partial charge in [0.15, 0.2) is 0 Å². The number of nitrogens with zero attached hydrogens (tertiary/aromatic N) is 1. The van der Waals surface area contributed by atoms with Crippen molar-refractivity contribution in [1.82, 2.24) is 10.2 Å². The summed E-state index contributed by atoms with van der Waals surface area (Å²) < 4.78 is 0. The lowest BCUT2D eigenvalue weighted by molar-refractivity contribution is 0.0949. The van der Waals surface area contributed by atoms with Crippen molar-refractivity contribution >= 4 is 17.3 Å². The molecule has 0 aromatic heterocycles. The minimum Gasteiger partial charge on any atom is -0.399 e. The predicted octanol–water partition coefficient (Wildman–Crippen LogP) is 1.85. The zero-order valence-corrected chi connectivity index (χ0v) is 12.8. The molecule has 0 bridgehead atoms. The van der Waals surface area contributed by atoms with Crippen LogP contribution in [0.15, 0.2) is 18.2 Å². The average molecular weight is 290 g/mol. The van der Waals surface area contributed by atoms with Crippen LogP contribution in [0.2, 0.25) is 0 Å². The Morgan fingerprint density at radius 3 is 2.67 bits per heavy atom. The van der Waals surface area contributed by atoms with Crippen molar-refractivity contribution in [3.8, 4) is 0 Å². The smallest absolute Gasteiger partial charge is 0.251 e. The highest BCUT2D eigenvalue weighted by atomic mass is 16.1. The number of nitrogens with one attached hydrogen (secondary N) is 1. The van der Waals surface area contributed by atoms with Crippen molar-refractivity contribution in [2.75, 3.05) is 31.1 Å². The van der Waals surface area contributed by atoms with Crippen molar-refractivity contribution in [2.24, 2.45) is 0 Å². The number of nitrogens with two attached hydrogens (primary N) is 2. The number of hydrogen-bond donors (Lipinski definition) is 3. The fraction of sp³-hybridized carbons (Fsp3) is 0.562. The molecule has 21 heavy (non-hydrogen) atoms. The molecule has 1 fully saturated rings. The Morgan fingerprint density at radius 1 is 1.29 bits per heavy atom. The molecule has 1 saturated heterocycles. The highest BCUT2D eigenvalue weighted by Crippen LogP contribution is 2.16. The van der Waals surface area contributed by atoms with Gasteiger partial charge in [-0.25, -0.2) is 0 Å². The molecule has 0 aliphatic carbocycles. The maximum atomic E-state index is 12.0. The van der Waals surface area contributed by atoms with Gasteiger partial charge in [-0.05, 0) is 50.9 Å². The topological polar surface area (TPSA) is 84.4 Å². The fourth-order valence-corrected chi connectivity index (χ4v) is 2.88. The van der Waals surface area contributed by atoms with Gasteiger partial charge in [0.25, 0.3) is 5.91 Å². The van der Waals surface area contributed by atoms with Gasteiger partial charge >= 0.3 is 0 Å². The zero-order chi connectivity index (χ0) is 15.2. The third-order valence-corrected chi connectivity index (χ3v) is 4.09. The van der Waals surface area contributed by atoms with E-state index in [0.717, 1.165) is 13.0 Å². The van der Waals surface area contributed by atoms with E-state index in [4.69, 9.17) is 11.5 Å². The molecule has 1 heterocycles. The maximum absolute atomic E-state index is 12.0. The van der Waals surface area contributed by atoms with Crippen LogP contribution in [0.1, 0.15) is 43.0 Å². The highest BCUT2D eigenvalue weighted by Gasteiger charge is 2.17. The minimum absolute atomic E-state index is 0.110. The van der Waals surface area contributed by atoms with Crippen LogP contribution in [-0.2, 0) is 0 Å². The summed E-state index contributed by atoms with van der Waals surface area (Å²) in [6.45, 7) is 5.19. The second kappa shape index (κ2) is 7.31. The maximum Gasteiger partial charge on any atom is 0.251 e. The number of nitrogen functional groups attached to an aromatic ring is 2. The summed E-state index contributed by atoms with van der Waals surface area (Å²) in [5, 5.41) is 2.93. The van der Waals surface area contributed by atoms with Gasteiger partial charge in [0, 0.05) is 36.1 Å². The SMILES string of the molecule is CC1CCCCN1CCCNC(=O)c1cc(N)cc(N)c1. The standard InChI is InChI=1S/C16H26N4O/c1-12-5-2-3-7-20(12)8-4-6-19-16(21)13-9-14(17)11-15(18)10-13/h9-12H,2-8,17-18H2,1H3,(H,19,21). The van der Waals surface area contributed by atoms with E-state index < -0.39 is 0 Å². The number of carbonyl (C=O) groups is 1. The largest absolute Gasteiger partial charge is 0.399 e. The third-order valence-electron chi connectivity index (χ3n) is 4.09. The van der Waals surface area contributed by atoms with Crippen LogP contribution in [0.5, 0.6) is 0 Å². The van der Waals surface area contributed by atoms with Crippen molar-refractivity contribution in [2.45, 2.75) is 38.6 Å². The van der Waals surface area contributed by atoms with Crippen molar-refractivity contribution in [3.63, 3.8) is 0 Å². The number of anilines is 2. The van der Waals surface area contributed by atoms with E-state index in [0.29, 0.717) is 29.5 Å². The second-order valence-corrected chi connectivity index (χ2v) is 5.88. The van der Waals surface area contributed by atoms with Crippen LogP contribution in [0.4, 0.5) is 11.4 Å². The first-order chi connectivity index (χ1) is 10.1. The molecule has 116 valence electrons. The molecule has 1 aromatic carbocycles. The molecule has 5 heteroatoms. The highest BCUT2D eigenvalue weighted by molar-refractivity contribution is 5.96. The molecule has 1 aliphatic rings. The summed E-state index contributed by atoms with van der Waals surface area (Å²) in [6, 6.07) is 5.62. The van der Waals surface area contributed by atoms with Crippen LogP contribution in [0, 0.1) is 0 Å². The molecule has 5 N–H and O–H groups in total. The van der Waals surface area contributed by atoms with Crippen LogP contribution in [0.25, 0.3) is 0 Å². The zero-order valence-electron chi connectivity index (χ0n) is 12.8. The average Bonchev–Trinajstić information content (AvgIpc) is 2.44. The van der Waals surface area contributed by atoms with Crippen LogP contribution < -0.4 is 16.8 Å². The molecule has 5 nitrogen and oxygen atoms in total. The van der Waals surface area contributed by atoms with Crippen molar-refractivity contribution in [3.05, 3.63) is 23.8 Å². The summed E-state index contributed by atoms with van der Waals surface area (Å²) in [5.74, 6) is -0.110. The van der Waals surface area contributed by atoms with E-state index in [2.05, 4.69) is 17.1 Å². The summed E-state index contributed by atoms with van der Waals surface area (Å²) in [6.07, 6.45) is 4.88. The Morgan fingerprint density at radius 2 is 2.00 bits per heavy atom. The van der Waals surface area contributed by atoms with Crippen molar-refractivity contribution in [1.29, 1.82) is 0 Å². The predicted molar refractivity (Wildman–Crippen MR) is 87.1 cm³/mol. The number of benzene rings is 1. The van der Waals surface area contributed by atoms with E-state index in [-0.39, 0.29) is 5.91 Å². The number of hydrogen-bond acceptors (Lipinski definition) is 4. The van der Waals surface area contributed by atoms with Gasteiger partial charge in [0.2, 0.25) is 0 Å². The van der Waals surface area contributed by atoms with E-state index in [1.54, 1.807) is 18.2 Å². The van der Waals surface area contributed by atoms with Crippen LogP contribution >= 0.6 is 0 Å². The third kappa shape index (κ3) is 4.63. The summed E-state index contributed by atoms with van der Waals surface area (Å²) in [4.78, 5) is 14.5. The first-order valence-corrected chi connectivity index (χ1v) is 7.74. The van der Waals surface area contributed by atoms with Gasteiger partial charge < -0.3 is 21.7 Å². The Hall–Kier alpha value is -1.75. The molecule has 2 rings (SSSR count). The van der Waals surface area contributed by atoms with Gasteiger partial charge in [0.1, 0.15) is 0 Å². The first-order valence-electron chi connectivity index (χ1n) is 7.74. The Kier molecular flexibility index (Phi) is 5.44. The Labute approximate surface area is 126 Å². The molecular weight excluding hydrogens is 264 g/mol. The minimum atomic E-state index is -0.110. The summed E-state index contributed by atoms with van der Waals surface area (Å²) >= 11 is 0. The van der Waals surface area contributed by atoms with E-state index >= 15 is 0 Å². The summed E-state index contributed by atoms with van der Waals surface area (Å²) in [7, 11) is 0. The molecular formula is C16H26N4O. The van der Waals surface area contributed by atoms with Crippen LogP contribution in [0.3, 0.4) is 0 Å². The number of piperidine rings is 1. The lowest BCUT2D eigenvalue weighted by Crippen LogP contribution is -2.39. The quantitative estimate of drug-likeness (QED) is 0.571. The van der Waals surface area contributed by atoms with Gasteiger partial charge in [-0.3, -0.25) is 4.79 Å². The van der Waals surface area contributed by atoms with E-state index in [1.165, 1.54) is 25.8 Å². The Balaban J connectivity index is 1.74. The first kappa shape index (κ1) is 15.6. The van der Waals surface area contributed by atoms with E-state index in [9.17, 15) is 4.79 Å². The molecule has 0 radical (unpaired) electrons. The van der Waals surface area contributed by atoms with Gasteiger partial charge in [-0.1, -0.05) is 6.42 Å². The molecule has 1 atom stereocenters. The fourth-order valence-electron chi connectivity index (χ4n) is 2.88. The van der Waals surface area contributed by atoms with E-state index in [1.807, 2.05) is 0 Å². The number of likely N-dealkylation sites (tertiary alicyclic amines) is 1. The molecule has 1 amide bonds. The number of rotatable bonds is 5. The lowest BCUT2D eigenvalue weighted by atomic mass is 10.0. The monoisotopic (exact) mass is 290 g/mol. The normalized spacial score (nSPS) is 19.4. The number of carbonyl (C=O) groups excluding carboxylic acids is 1. The molecule has 0 spiro atoms. The van der Waals surface area contributed by atoms with Crippen LogP contribution in [-0.4, -0.2) is 36.5 Å². The van der Waals surface area contributed by atoms with Gasteiger partial charge in [-0.2, -0.15) is 0 Å². The summed E-state index contributed by atoms with van der Waals surface area (Å²) in [5.41, 5.74) is 13.0.